The molecular weight excluding hydrogens is 310 g/mol. The first kappa shape index (κ1) is 10.9. The molecule has 1 N–H and O–H groups in total. The van der Waals surface area contributed by atoms with Crippen LogP contribution in [0.15, 0.2) is 6.07 Å². The minimum absolute atomic E-state index is 0.114. The number of carbonyl (C=O) groups is 1. The number of benzene rings is 1. The van der Waals surface area contributed by atoms with Crippen LogP contribution in [0.3, 0.4) is 0 Å². The van der Waals surface area contributed by atoms with Crippen molar-refractivity contribution < 1.29 is 14.3 Å². The molecule has 1 aromatic carbocycles. The van der Waals surface area contributed by atoms with Gasteiger partial charge in [-0.3, -0.25) is 0 Å². The second kappa shape index (κ2) is 4.08. The smallest absolute Gasteiger partial charge is 0.339 e. The zero-order chi connectivity index (χ0) is 11.0. The Morgan fingerprint density at radius 1 is 1.40 bits per heavy atom. The van der Waals surface area contributed by atoms with E-state index in [1.807, 2.05) is 22.6 Å². The van der Waals surface area contributed by atoms with Gasteiger partial charge in [0, 0.05) is 3.57 Å². The van der Waals surface area contributed by atoms with E-state index in [4.69, 9.17) is 5.11 Å². The molecule has 0 radical (unpaired) electrons. The highest BCUT2D eigenvalue weighted by Crippen LogP contribution is 2.29. The Balaban J connectivity index is 2.68. The molecule has 1 aliphatic rings. The van der Waals surface area contributed by atoms with Crippen LogP contribution < -0.4 is 0 Å². The van der Waals surface area contributed by atoms with Gasteiger partial charge in [-0.05, 0) is 65.5 Å². The molecule has 0 unspecified atom stereocenters. The average molecular weight is 320 g/mol. The summed E-state index contributed by atoms with van der Waals surface area (Å²) >= 11 is 1.85. The standard InChI is InChI=1S/C11H10FIO2/c12-10-8(13)5-6-3-1-2-4-7(6)9(10)11(14)15/h5H,1-4H2,(H,14,15). The Morgan fingerprint density at radius 3 is 2.73 bits per heavy atom. The summed E-state index contributed by atoms with van der Waals surface area (Å²) in [5.41, 5.74) is 1.59. The van der Waals surface area contributed by atoms with Crippen LogP contribution in [0.25, 0.3) is 0 Å². The maximum absolute atomic E-state index is 13.7. The summed E-state index contributed by atoms with van der Waals surface area (Å²) in [6.45, 7) is 0. The number of aryl methyl sites for hydroxylation is 1. The lowest BCUT2D eigenvalue weighted by atomic mass is 9.88. The van der Waals surface area contributed by atoms with E-state index < -0.39 is 11.8 Å². The van der Waals surface area contributed by atoms with Gasteiger partial charge in [0.15, 0.2) is 5.82 Å². The summed E-state index contributed by atoms with van der Waals surface area (Å²) in [6.07, 6.45) is 3.57. The fourth-order valence-electron chi connectivity index (χ4n) is 2.06. The Kier molecular flexibility index (Phi) is 2.95. The van der Waals surface area contributed by atoms with E-state index in [9.17, 15) is 9.18 Å². The van der Waals surface area contributed by atoms with Crippen molar-refractivity contribution in [2.24, 2.45) is 0 Å². The second-order valence-electron chi connectivity index (χ2n) is 3.70. The molecule has 15 heavy (non-hydrogen) atoms. The number of hydrogen-bond acceptors (Lipinski definition) is 1. The lowest BCUT2D eigenvalue weighted by Crippen LogP contribution is -2.14. The Labute approximate surface area is 101 Å². The number of rotatable bonds is 1. The van der Waals surface area contributed by atoms with Crippen LogP contribution in [0, 0.1) is 9.39 Å². The molecule has 1 aromatic rings. The first-order chi connectivity index (χ1) is 7.11. The minimum Gasteiger partial charge on any atom is -0.478 e. The monoisotopic (exact) mass is 320 g/mol. The summed E-state index contributed by atoms with van der Waals surface area (Å²) in [5, 5.41) is 9.00. The topological polar surface area (TPSA) is 37.3 Å². The van der Waals surface area contributed by atoms with Crippen molar-refractivity contribution in [2.75, 3.05) is 0 Å². The van der Waals surface area contributed by atoms with Crippen LogP contribution in [0.1, 0.15) is 34.3 Å². The second-order valence-corrected chi connectivity index (χ2v) is 4.86. The zero-order valence-corrected chi connectivity index (χ0v) is 10.2. The van der Waals surface area contributed by atoms with Crippen molar-refractivity contribution in [1.82, 2.24) is 0 Å². The van der Waals surface area contributed by atoms with E-state index in [-0.39, 0.29) is 5.56 Å². The first-order valence-electron chi connectivity index (χ1n) is 4.84. The molecule has 0 spiro atoms. The van der Waals surface area contributed by atoms with Gasteiger partial charge < -0.3 is 5.11 Å². The largest absolute Gasteiger partial charge is 0.478 e. The van der Waals surface area contributed by atoms with Crippen LogP contribution in [0.5, 0.6) is 0 Å². The van der Waals surface area contributed by atoms with Gasteiger partial charge in [-0.1, -0.05) is 0 Å². The van der Waals surface area contributed by atoms with Gasteiger partial charge in [-0.25, -0.2) is 9.18 Å². The lowest BCUT2D eigenvalue weighted by Gasteiger charge is -2.18. The van der Waals surface area contributed by atoms with Crippen molar-refractivity contribution in [1.29, 1.82) is 0 Å². The molecule has 0 bridgehead atoms. The number of aromatic carboxylic acids is 1. The molecule has 0 saturated heterocycles. The molecule has 0 amide bonds. The van der Waals surface area contributed by atoms with E-state index >= 15 is 0 Å². The summed E-state index contributed by atoms with van der Waals surface area (Å²) in [4.78, 5) is 11.0. The van der Waals surface area contributed by atoms with E-state index in [2.05, 4.69) is 0 Å². The molecule has 1 aliphatic carbocycles. The predicted molar refractivity (Wildman–Crippen MR) is 62.7 cm³/mol. The van der Waals surface area contributed by atoms with Crippen LogP contribution in [-0.2, 0) is 12.8 Å². The Morgan fingerprint density at radius 2 is 2.07 bits per heavy atom. The number of fused-ring (bicyclic) bond motifs is 1. The molecular formula is C11H10FIO2. The molecule has 4 heteroatoms. The van der Waals surface area contributed by atoms with E-state index in [1.165, 1.54) is 0 Å². The van der Waals surface area contributed by atoms with Gasteiger partial charge in [0.05, 0.1) is 5.56 Å². The van der Waals surface area contributed by atoms with Crippen molar-refractivity contribution in [3.63, 3.8) is 0 Å². The summed E-state index contributed by atoms with van der Waals surface area (Å²) in [7, 11) is 0. The SMILES string of the molecule is O=C(O)c1c(F)c(I)cc2c1CCCC2. The van der Waals surface area contributed by atoms with Gasteiger partial charge in [0.25, 0.3) is 0 Å². The molecule has 0 aliphatic heterocycles. The molecule has 80 valence electrons. The summed E-state index contributed by atoms with van der Waals surface area (Å²) in [5.74, 6) is -1.73. The quantitative estimate of drug-likeness (QED) is 0.808. The number of carboxylic acids is 1. The van der Waals surface area contributed by atoms with Crippen molar-refractivity contribution >= 4 is 28.6 Å². The third-order valence-electron chi connectivity index (χ3n) is 2.76. The van der Waals surface area contributed by atoms with Crippen LogP contribution in [0.4, 0.5) is 4.39 Å². The Bertz CT molecular complexity index is 429. The van der Waals surface area contributed by atoms with Crippen molar-refractivity contribution in [3.05, 3.63) is 32.1 Å². The molecule has 2 nitrogen and oxygen atoms in total. The van der Waals surface area contributed by atoms with Crippen LogP contribution >= 0.6 is 22.6 Å². The third kappa shape index (κ3) is 1.87. The molecule has 2 rings (SSSR count). The van der Waals surface area contributed by atoms with Gasteiger partial charge >= 0.3 is 5.97 Å². The average Bonchev–Trinajstić information content (AvgIpc) is 2.19. The number of carboxylic acid groups (broad SMARTS) is 1. The normalized spacial score (nSPS) is 14.8. The number of halogens is 2. The minimum atomic E-state index is -1.15. The molecule has 0 atom stereocenters. The van der Waals surface area contributed by atoms with Crippen LogP contribution in [0.2, 0.25) is 0 Å². The number of hydrogen-bond donors (Lipinski definition) is 1. The van der Waals surface area contributed by atoms with Crippen LogP contribution in [-0.4, -0.2) is 11.1 Å². The lowest BCUT2D eigenvalue weighted by molar-refractivity contribution is 0.0690. The summed E-state index contributed by atoms with van der Waals surface area (Å²) in [6, 6.07) is 1.77. The van der Waals surface area contributed by atoms with E-state index in [1.54, 1.807) is 6.07 Å². The van der Waals surface area contributed by atoms with Crippen molar-refractivity contribution in [2.45, 2.75) is 25.7 Å². The van der Waals surface area contributed by atoms with Gasteiger partial charge in [-0.15, -0.1) is 0 Å². The summed E-state index contributed by atoms with van der Waals surface area (Å²) < 4.78 is 14.1. The predicted octanol–water partition coefficient (Wildman–Crippen LogP) is 3.01. The maximum atomic E-state index is 13.7. The van der Waals surface area contributed by atoms with E-state index in [0.29, 0.717) is 15.6 Å². The zero-order valence-electron chi connectivity index (χ0n) is 8.02. The molecule has 0 saturated carbocycles. The fourth-order valence-corrected chi connectivity index (χ4v) is 2.71. The van der Waals surface area contributed by atoms with E-state index in [0.717, 1.165) is 24.8 Å². The van der Waals surface area contributed by atoms with Gasteiger partial charge in [0.1, 0.15) is 0 Å². The fraction of sp³-hybridized carbons (Fsp3) is 0.364. The highest BCUT2D eigenvalue weighted by atomic mass is 127. The third-order valence-corrected chi connectivity index (χ3v) is 3.54. The van der Waals surface area contributed by atoms with Gasteiger partial charge in [-0.2, -0.15) is 0 Å². The molecule has 0 heterocycles. The molecule has 0 aromatic heterocycles. The first-order valence-corrected chi connectivity index (χ1v) is 5.92. The van der Waals surface area contributed by atoms with Gasteiger partial charge in [0.2, 0.25) is 0 Å². The highest BCUT2D eigenvalue weighted by molar-refractivity contribution is 14.1. The van der Waals surface area contributed by atoms with Crippen molar-refractivity contribution in [3.8, 4) is 0 Å². The maximum Gasteiger partial charge on any atom is 0.339 e. The Hall–Kier alpha value is -0.650. The molecule has 0 fully saturated rings. The highest BCUT2D eigenvalue weighted by Gasteiger charge is 2.23.